The molecule has 0 aromatic heterocycles. The Morgan fingerprint density at radius 1 is 0.714 bits per heavy atom. The third kappa shape index (κ3) is 6.59. The molecule has 1 aromatic rings. The van der Waals surface area contributed by atoms with E-state index in [-0.39, 0.29) is 30.0 Å². The van der Waals surface area contributed by atoms with E-state index in [0.717, 1.165) is 32.1 Å². The van der Waals surface area contributed by atoms with Gasteiger partial charge in [0, 0.05) is 37.6 Å². The maximum Gasteiger partial charge on any atom is 0.260 e. The largest absolute Gasteiger partial charge is 0.279 e. The van der Waals surface area contributed by atoms with E-state index in [9.17, 15) is 19.2 Å². The molecule has 6 nitrogen and oxygen atoms in total. The number of carbonyl (C=O) groups excluding carboxylic acids is 4. The average molecular weight is 389 g/mol. The summed E-state index contributed by atoms with van der Waals surface area (Å²) in [6.07, 6.45) is 4.61. The summed E-state index contributed by atoms with van der Waals surface area (Å²) >= 11 is 0. The molecule has 0 N–H and O–H groups in total. The average Bonchev–Trinajstić information content (AvgIpc) is 2.70. The van der Waals surface area contributed by atoms with Gasteiger partial charge in [-0.05, 0) is 37.1 Å². The fourth-order valence-electron chi connectivity index (χ4n) is 2.84. The Labute approximate surface area is 167 Å². The van der Waals surface area contributed by atoms with Crippen molar-refractivity contribution in [3.05, 3.63) is 35.4 Å². The minimum Gasteiger partial charge on any atom is -0.279 e. The first kappa shape index (κ1) is 23.5. The number of amides is 4. The van der Waals surface area contributed by atoms with Crippen molar-refractivity contribution in [1.29, 1.82) is 0 Å². The lowest BCUT2D eigenvalue weighted by Crippen LogP contribution is -2.37. The zero-order valence-electron chi connectivity index (χ0n) is 17.5. The van der Waals surface area contributed by atoms with Gasteiger partial charge in [0.25, 0.3) is 11.8 Å². The van der Waals surface area contributed by atoms with E-state index in [1.54, 1.807) is 31.2 Å². The number of unbranched alkanes of at least 4 members (excludes halogenated alkanes) is 3. The highest BCUT2D eigenvalue weighted by Gasteiger charge is 2.23. The second-order valence-corrected chi connectivity index (χ2v) is 6.82. The molecule has 0 radical (unpaired) electrons. The van der Waals surface area contributed by atoms with Gasteiger partial charge in [-0.2, -0.15) is 0 Å². The van der Waals surface area contributed by atoms with Crippen LogP contribution in [0.4, 0.5) is 0 Å². The van der Waals surface area contributed by atoms with Crippen molar-refractivity contribution >= 4 is 23.6 Å². The van der Waals surface area contributed by atoms with Crippen LogP contribution in [0.3, 0.4) is 0 Å². The van der Waals surface area contributed by atoms with Crippen molar-refractivity contribution in [1.82, 2.24) is 9.80 Å². The first-order valence-corrected chi connectivity index (χ1v) is 10.1. The van der Waals surface area contributed by atoms with E-state index in [1.165, 1.54) is 16.7 Å². The molecule has 0 saturated carbocycles. The van der Waals surface area contributed by atoms with Gasteiger partial charge in [-0.3, -0.25) is 29.0 Å². The molecular formula is C22H32N2O4. The molecule has 6 heteroatoms. The molecule has 1 aromatic carbocycles. The number of hydrogen-bond donors (Lipinski definition) is 0. The van der Waals surface area contributed by atoms with Gasteiger partial charge in [0.2, 0.25) is 11.8 Å². The third-order valence-corrected chi connectivity index (χ3v) is 4.57. The van der Waals surface area contributed by atoms with E-state index < -0.39 is 0 Å². The molecule has 4 amide bonds. The molecule has 28 heavy (non-hydrogen) atoms. The lowest BCUT2D eigenvalue weighted by molar-refractivity contribution is -0.128. The van der Waals surface area contributed by atoms with Crippen LogP contribution in [-0.2, 0) is 9.59 Å². The molecule has 0 aliphatic carbocycles. The van der Waals surface area contributed by atoms with Crippen molar-refractivity contribution in [3.63, 3.8) is 0 Å². The van der Waals surface area contributed by atoms with Crippen molar-refractivity contribution < 1.29 is 19.2 Å². The summed E-state index contributed by atoms with van der Waals surface area (Å²) in [5.74, 6) is -1.22. The number of carbonyl (C=O) groups is 4. The van der Waals surface area contributed by atoms with Gasteiger partial charge in [-0.25, -0.2) is 0 Å². The molecule has 0 heterocycles. The summed E-state index contributed by atoms with van der Waals surface area (Å²) in [6, 6.07) is 6.17. The fraction of sp³-hybridized carbons (Fsp3) is 0.545. The van der Waals surface area contributed by atoms with Gasteiger partial charge in [0.05, 0.1) is 0 Å². The topological polar surface area (TPSA) is 74.8 Å². The Balaban J connectivity index is 2.95. The van der Waals surface area contributed by atoms with Crippen molar-refractivity contribution in [2.75, 3.05) is 13.1 Å². The van der Waals surface area contributed by atoms with Crippen LogP contribution in [0.15, 0.2) is 24.3 Å². The van der Waals surface area contributed by atoms with Crippen LogP contribution >= 0.6 is 0 Å². The minimum atomic E-state index is -0.366. The number of rotatable bonds is 10. The highest BCUT2D eigenvalue weighted by atomic mass is 16.2. The normalized spacial score (nSPS) is 10.4. The molecule has 154 valence electrons. The zero-order chi connectivity index (χ0) is 21.1. The molecule has 0 atom stereocenters. The van der Waals surface area contributed by atoms with Crippen molar-refractivity contribution in [2.24, 2.45) is 0 Å². The second-order valence-electron chi connectivity index (χ2n) is 6.82. The van der Waals surface area contributed by atoms with Gasteiger partial charge >= 0.3 is 0 Å². The van der Waals surface area contributed by atoms with Crippen LogP contribution in [0.1, 0.15) is 86.9 Å². The third-order valence-electron chi connectivity index (χ3n) is 4.57. The highest BCUT2D eigenvalue weighted by molar-refractivity contribution is 6.07. The minimum absolute atomic E-state index is 0.211. The molecular weight excluding hydrogens is 356 g/mol. The Morgan fingerprint density at radius 2 is 1.18 bits per heavy atom. The molecule has 0 fully saturated rings. The molecule has 0 aliphatic heterocycles. The number of nitrogens with zero attached hydrogens (tertiary/aromatic N) is 2. The highest BCUT2D eigenvalue weighted by Crippen LogP contribution is 2.13. The van der Waals surface area contributed by atoms with Crippen LogP contribution in [-0.4, -0.2) is 46.5 Å². The Kier molecular flexibility index (Phi) is 10.1. The van der Waals surface area contributed by atoms with Crippen LogP contribution in [0.25, 0.3) is 0 Å². The van der Waals surface area contributed by atoms with Crippen molar-refractivity contribution in [2.45, 2.75) is 66.2 Å². The van der Waals surface area contributed by atoms with Gasteiger partial charge in [0.1, 0.15) is 0 Å². The fourth-order valence-corrected chi connectivity index (χ4v) is 2.84. The second kappa shape index (κ2) is 12.1. The Bertz CT molecular complexity index is 682. The monoisotopic (exact) mass is 388 g/mol. The predicted molar refractivity (Wildman–Crippen MR) is 109 cm³/mol. The van der Waals surface area contributed by atoms with Crippen molar-refractivity contribution in [3.8, 4) is 0 Å². The summed E-state index contributed by atoms with van der Waals surface area (Å²) < 4.78 is 0. The lowest BCUT2D eigenvalue weighted by atomic mass is 10.1. The Morgan fingerprint density at radius 3 is 1.61 bits per heavy atom. The number of imide groups is 2. The number of benzene rings is 1. The van der Waals surface area contributed by atoms with E-state index in [2.05, 4.69) is 6.92 Å². The number of hydrogen-bond acceptors (Lipinski definition) is 4. The van der Waals surface area contributed by atoms with E-state index >= 15 is 0 Å². The van der Waals surface area contributed by atoms with E-state index in [1.807, 2.05) is 6.92 Å². The molecule has 0 aliphatic rings. The van der Waals surface area contributed by atoms with Gasteiger partial charge in [-0.1, -0.05) is 40.0 Å². The summed E-state index contributed by atoms with van der Waals surface area (Å²) in [6.45, 7) is 7.94. The molecule has 1 rings (SSSR count). The summed E-state index contributed by atoms with van der Waals surface area (Å²) in [4.78, 5) is 51.8. The summed E-state index contributed by atoms with van der Waals surface area (Å²) in [7, 11) is 0. The standard InChI is InChI=1S/C22H32N2O4/c1-5-8-10-16-23(17(4)25)21(27)18-11-13-19(14-12-18)22(28)24(15-9-6-2)20(26)7-3/h11-14H,5-10,15-16H2,1-4H3. The maximum atomic E-state index is 12.7. The first-order chi connectivity index (χ1) is 13.4. The van der Waals surface area contributed by atoms with Gasteiger partial charge in [-0.15, -0.1) is 0 Å². The molecule has 0 unspecified atom stereocenters. The molecule has 0 bridgehead atoms. The molecule has 0 saturated heterocycles. The zero-order valence-corrected chi connectivity index (χ0v) is 17.5. The van der Waals surface area contributed by atoms with Crippen LogP contribution in [0, 0.1) is 0 Å². The Hall–Kier alpha value is -2.50. The SMILES string of the molecule is CCCCCN(C(C)=O)C(=O)c1ccc(C(=O)N(CCCC)C(=O)CC)cc1. The smallest absolute Gasteiger partial charge is 0.260 e. The van der Waals surface area contributed by atoms with E-state index in [0.29, 0.717) is 24.2 Å². The summed E-state index contributed by atoms with van der Waals surface area (Å²) in [5.41, 5.74) is 0.708. The maximum absolute atomic E-state index is 12.7. The van der Waals surface area contributed by atoms with Gasteiger partial charge in [0.15, 0.2) is 0 Å². The van der Waals surface area contributed by atoms with Crippen LogP contribution < -0.4 is 0 Å². The predicted octanol–water partition coefficient (Wildman–Crippen LogP) is 4.04. The first-order valence-electron chi connectivity index (χ1n) is 10.1. The van der Waals surface area contributed by atoms with E-state index in [4.69, 9.17) is 0 Å². The van der Waals surface area contributed by atoms with Gasteiger partial charge < -0.3 is 0 Å². The quantitative estimate of drug-likeness (QED) is 0.567. The van der Waals surface area contributed by atoms with Crippen LogP contribution in [0.5, 0.6) is 0 Å². The molecule has 0 spiro atoms. The lowest BCUT2D eigenvalue weighted by Gasteiger charge is -2.21. The summed E-state index contributed by atoms with van der Waals surface area (Å²) in [5, 5.41) is 0. The van der Waals surface area contributed by atoms with Crippen LogP contribution in [0.2, 0.25) is 0 Å².